The van der Waals surface area contributed by atoms with Crippen LogP contribution in [0.2, 0.25) is 0 Å². The van der Waals surface area contributed by atoms with Gasteiger partial charge in [-0.05, 0) is 63.4 Å². The number of nitrogens with zero attached hydrogens (tertiary/aromatic N) is 3. The molecule has 3 aromatic rings. The fraction of sp³-hybridized carbons (Fsp3) is 0.400. The fourth-order valence-corrected chi connectivity index (χ4v) is 3.44. The van der Waals surface area contributed by atoms with Gasteiger partial charge in [0.15, 0.2) is 0 Å². The lowest BCUT2D eigenvalue weighted by molar-refractivity contribution is 0.00558. The second kappa shape index (κ2) is 9.42. The number of amides is 1. The minimum absolute atomic E-state index is 0.0380. The highest BCUT2D eigenvalue weighted by Gasteiger charge is 2.37. The van der Waals surface area contributed by atoms with Crippen LogP contribution >= 0.6 is 0 Å². The SMILES string of the molecule is CC(C)(C)OC(=O)N1CC(c2nc(-c3ccc(OCCCc4ccccc4)cc3)no2)C1. The maximum atomic E-state index is 12.1. The van der Waals surface area contributed by atoms with Gasteiger partial charge in [0.05, 0.1) is 12.5 Å². The monoisotopic (exact) mass is 435 g/mol. The van der Waals surface area contributed by atoms with Crippen molar-refractivity contribution in [2.75, 3.05) is 19.7 Å². The second-order valence-electron chi connectivity index (χ2n) is 9.00. The van der Waals surface area contributed by atoms with Crippen molar-refractivity contribution in [3.05, 3.63) is 66.1 Å². The number of hydrogen-bond donors (Lipinski definition) is 0. The first-order valence-electron chi connectivity index (χ1n) is 11.0. The largest absolute Gasteiger partial charge is 0.494 e. The van der Waals surface area contributed by atoms with Crippen LogP contribution in [0.5, 0.6) is 5.75 Å². The maximum Gasteiger partial charge on any atom is 0.410 e. The summed E-state index contributed by atoms with van der Waals surface area (Å²) in [5, 5.41) is 4.10. The number of aryl methyl sites for hydroxylation is 1. The molecule has 168 valence electrons. The van der Waals surface area contributed by atoms with Crippen LogP contribution in [0, 0.1) is 0 Å². The van der Waals surface area contributed by atoms with Gasteiger partial charge in [-0.1, -0.05) is 35.5 Å². The highest BCUT2D eigenvalue weighted by Crippen LogP contribution is 2.29. The molecule has 4 rings (SSSR count). The lowest BCUT2D eigenvalue weighted by atomic mass is 10.0. The Bertz CT molecular complexity index is 1020. The zero-order valence-corrected chi connectivity index (χ0v) is 18.8. The Morgan fingerprint density at radius 2 is 1.81 bits per heavy atom. The van der Waals surface area contributed by atoms with Gasteiger partial charge in [-0.15, -0.1) is 0 Å². The van der Waals surface area contributed by atoms with E-state index in [4.69, 9.17) is 14.0 Å². The highest BCUT2D eigenvalue weighted by molar-refractivity contribution is 5.69. The maximum absolute atomic E-state index is 12.1. The topological polar surface area (TPSA) is 77.7 Å². The fourth-order valence-electron chi connectivity index (χ4n) is 3.44. The lowest BCUT2D eigenvalue weighted by Crippen LogP contribution is -2.50. The van der Waals surface area contributed by atoms with Crippen molar-refractivity contribution < 1.29 is 18.8 Å². The number of rotatable bonds is 7. The summed E-state index contributed by atoms with van der Waals surface area (Å²) in [6.45, 7) is 7.27. The van der Waals surface area contributed by atoms with E-state index in [1.807, 2.05) is 51.1 Å². The zero-order chi connectivity index (χ0) is 22.6. The summed E-state index contributed by atoms with van der Waals surface area (Å²) < 4.78 is 16.7. The van der Waals surface area contributed by atoms with Crippen LogP contribution in [0.1, 0.15) is 44.6 Å². The molecule has 0 radical (unpaired) electrons. The number of ether oxygens (including phenoxy) is 2. The molecule has 0 N–H and O–H groups in total. The molecule has 1 fully saturated rings. The first-order valence-corrected chi connectivity index (χ1v) is 11.0. The Hall–Kier alpha value is -3.35. The molecule has 0 bridgehead atoms. The van der Waals surface area contributed by atoms with Gasteiger partial charge >= 0.3 is 6.09 Å². The molecule has 1 aliphatic rings. The van der Waals surface area contributed by atoms with Crippen molar-refractivity contribution in [3.8, 4) is 17.1 Å². The van der Waals surface area contributed by atoms with E-state index in [9.17, 15) is 4.79 Å². The Morgan fingerprint density at radius 3 is 2.50 bits per heavy atom. The van der Waals surface area contributed by atoms with Gasteiger partial charge in [0.1, 0.15) is 11.4 Å². The van der Waals surface area contributed by atoms with E-state index in [1.54, 1.807) is 4.90 Å². The first kappa shape index (κ1) is 21.9. The van der Waals surface area contributed by atoms with E-state index in [2.05, 4.69) is 34.4 Å². The first-order chi connectivity index (χ1) is 15.4. The molecule has 1 saturated heterocycles. The van der Waals surface area contributed by atoms with Crippen LogP contribution in [0.15, 0.2) is 59.1 Å². The molecule has 1 aliphatic heterocycles. The molecule has 0 unspecified atom stereocenters. The summed E-state index contributed by atoms with van der Waals surface area (Å²) >= 11 is 0. The summed E-state index contributed by atoms with van der Waals surface area (Å²) in [6.07, 6.45) is 1.64. The molecule has 2 heterocycles. The number of hydrogen-bond acceptors (Lipinski definition) is 6. The predicted octanol–water partition coefficient (Wildman–Crippen LogP) is 5.08. The lowest BCUT2D eigenvalue weighted by Gasteiger charge is -2.37. The quantitative estimate of drug-likeness (QED) is 0.482. The summed E-state index contributed by atoms with van der Waals surface area (Å²) in [5.74, 6) is 1.93. The Balaban J connectivity index is 1.24. The van der Waals surface area contributed by atoms with Crippen LogP contribution in [0.4, 0.5) is 4.79 Å². The van der Waals surface area contributed by atoms with E-state index < -0.39 is 5.60 Å². The molecule has 1 aromatic heterocycles. The number of benzene rings is 2. The molecule has 0 aliphatic carbocycles. The van der Waals surface area contributed by atoms with Crippen LogP contribution in [-0.2, 0) is 11.2 Å². The molecule has 0 atom stereocenters. The second-order valence-corrected chi connectivity index (χ2v) is 9.00. The molecule has 0 saturated carbocycles. The van der Waals surface area contributed by atoms with Crippen molar-refractivity contribution in [2.45, 2.75) is 45.1 Å². The van der Waals surface area contributed by atoms with E-state index in [-0.39, 0.29) is 12.0 Å². The standard InChI is InChI=1S/C25H29N3O4/c1-25(2,3)31-24(29)28-16-20(17-28)23-26-22(27-32-23)19-11-13-21(14-12-19)30-15-7-10-18-8-5-4-6-9-18/h4-6,8-9,11-14,20H,7,10,15-17H2,1-3H3. The third-order valence-corrected chi connectivity index (χ3v) is 5.16. The van der Waals surface area contributed by atoms with E-state index >= 15 is 0 Å². The molecule has 7 heteroatoms. The molecular formula is C25H29N3O4. The van der Waals surface area contributed by atoms with Gasteiger partial charge in [-0.25, -0.2) is 4.79 Å². The summed E-state index contributed by atoms with van der Waals surface area (Å²) in [6, 6.07) is 18.1. The van der Waals surface area contributed by atoms with E-state index in [0.717, 1.165) is 24.2 Å². The van der Waals surface area contributed by atoms with Gasteiger partial charge in [-0.3, -0.25) is 0 Å². The van der Waals surface area contributed by atoms with Crippen molar-refractivity contribution in [2.24, 2.45) is 0 Å². The van der Waals surface area contributed by atoms with Crippen molar-refractivity contribution >= 4 is 6.09 Å². The number of aromatic nitrogens is 2. The summed E-state index contributed by atoms with van der Waals surface area (Å²) in [4.78, 5) is 18.2. The van der Waals surface area contributed by atoms with Crippen molar-refractivity contribution in [3.63, 3.8) is 0 Å². The van der Waals surface area contributed by atoms with Crippen LogP contribution in [0.25, 0.3) is 11.4 Å². The molecule has 1 amide bonds. The Kier molecular flexibility index (Phi) is 6.44. The molecule has 7 nitrogen and oxygen atoms in total. The van der Waals surface area contributed by atoms with Gasteiger partial charge < -0.3 is 18.9 Å². The van der Waals surface area contributed by atoms with Crippen molar-refractivity contribution in [1.29, 1.82) is 0 Å². The predicted molar refractivity (Wildman–Crippen MR) is 121 cm³/mol. The number of carbonyl (C=O) groups is 1. The van der Waals surface area contributed by atoms with E-state index in [0.29, 0.717) is 31.4 Å². The number of carbonyl (C=O) groups excluding carboxylic acids is 1. The minimum Gasteiger partial charge on any atom is -0.494 e. The minimum atomic E-state index is -0.502. The van der Waals surface area contributed by atoms with Gasteiger partial charge in [-0.2, -0.15) is 4.98 Å². The van der Waals surface area contributed by atoms with Crippen LogP contribution in [0.3, 0.4) is 0 Å². The van der Waals surface area contributed by atoms with Gasteiger partial charge in [0.2, 0.25) is 11.7 Å². The summed E-state index contributed by atoms with van der Waals surface area (Å²) in [5.41, 5.74) is 1.68. The van der Waals surface area contributed by atoms with Gasteiger partial charge in [0, 0.05) is 18.7 Å². The van der Waals surface area contributed by atoms with Crippen molar-refractivity contribution in [1.82, 2.24) is 15.0 Å². The average Bonchev–Trinajstić information content (AvgIpc) is 3.20. The average molecular weight is 436 g/mol. The molecule has 32 heavy (non-hydrogen) atoms. The summed E-state index contributed by atoms with van der Waals surface area (Å²) in [7, 11) is 0. The normalized spacial score (nSPS) is 14.2. The van der Waals surface area contributed by atoms with Crippen LogP contribution < -0.4 is 4.74 Å². The van der Waals surface area contributed by atoms with Crippen LogP contribution in [-0.4, -0.2) is 46.4 Å². The third-order valence-electron chi connectivity index (χ3n) is 5.16. The Labute approximate surface area is 188 Å². The Morgan fingerprint density at radius 1 is 1.09 bits per heavy atom. The highest BCUT2D eigenvalue weighted by atomic mass is 16.6. The zero-order valence-electron chi connectivity index (χ0n) is 18.8. The number of likely N-dealkylation sites (tertiary alicyclic amines) is 1. The molecule has 2 aromatic carbocycles. The molecular weight excluding hydrogens is 406 g/mol. The third kappa shape index (κ3) is 5.66. The smallest absolute Gasteiger partial charge is 0.410 e. The van der Waals surface area contributed by atoms with Gasteiger partial charge in [0.25, 0.3) is 0 Å². The molecule has 0 spiro atoms. The van der Waals surface area contributed by atoms with E-state index in [1.165, 1.54) is 5.56 Å².